The van der Waals surface area contributed by atoms with Crippen LogP contribution in [0.15, 0.2) is 51.5 Å². The zero-order chi connectivity index (χ0) is 12.4. The van der Waals surface area contributed by atoms with Gasteiger partial charge in [0.2, 0.25) is 0 Å². The van der Waals surface area contributed by atoms with E-state index in [4.69, 9.17) is 0 Å². The van der Waals surface area contributed by atoms with Crippen molar-refractivity contribution in [3.05, 3.63) is 52.1 Å². The number of thiophene rings is 1. The van der Waals surface area contributed by atoms with Gasteiger partial charge in [0.1, 0.15) is 11.4 Å². The van der Waals surface area contributed by atoms with Crippen molar-refractivity contribution in [2.45, 2.75) is 10.8 Å². The number of hydrogen-bond acceptors (Lipinski definition) is 4. The lowest BCUT2D eigenvalue weighted by atomic mass is 10.2. The Morgan fingerprint density at radius 1 is 1.17 bits per heavy atom. The first kappa shape index (κ1) is 12.1. The number of rotatable bonds is 3. The molecule has 2 aromatic heterocycles. The molecule has 0 amide bonds. The molecule has 0 saturated carbocycles. The third-order valence-electron chi connectivity index (χ3n) is 2.53. The van der Waals surface area contributed by atoms with E-state index in [2.05, 4.69) is 49.5 Å². The van der Waals surface area contributed by atoms with Crippen LogP contribution in [0.5, 0.6) is 0 Å². The standard InChI is InChI=1S/C13H9BrN2S2/c14-10-4-2-1-3-9(10)7-18-13-12-11(5-6-17-12)15-8-16-13/h1-6,8H,7H2. The van der Waals surface area contributed by atoms with Crippen LogP contribution in [0.2, 0.25) is 0 Å². The molecule has 90 valence electrons. The van der Waals surface area contributed by atoms with E-state index >= 15 is 0 Å². The molecule has 0 aliphatic heterocycles. The molecule has 2 nitrogen and oxygen atoms in total. The molecule has 2 heterocycles. The van der Waals surface area contributed by atoms with E-state index in [1.54, 1.807) is 29.4 Å². The molecule has 5 heteroatoms. The van der Waals surface area contributed by atoms with Gasteiger partial charge in [-0.05, 0) is 23.1 Å². The Morgan fingerprint density at radius 3 is 2.94 bits per heavy atom. The fourth-order valence-corrected chi connectivity index (χ4v) is 4.19. The summed E-state index contributed by atoms with van der Waals surface area (Å²) in [7, 11) is 0. The van der Waals surface area contributed by atoms with Gasteiger partial charge in [0.05, 0.1) is 10.2 Å². The van der Waals surface area contributed by atoms with Gasteiger partial charge in [-0.3, -0.25) is 0 Å². The molecule has 0 bridgehead atoms. The molecule has 3 aromatic rings. The molecule has 0 spiro atoms. The van der Waals surface area contributed by atoms with Crippen LogP contribution in [-0.4, -0.2) is 9.97 Å². The molecular formula is C13H9BrN2S2. The Morgan fingerprint density at radius 2 is 2.06 bits per heavy atom. The van der Waals surface area contributed by atoms with Gasteiger partial charge in [-0.1, -0.05) is 34.1 Å². The second kappa shape index (κ2) is 5.38. The SMILES string of the molecule is Brc1ccccc1CSc1ncnc2ccsc12. The monoisotopic (exact) mass is 336 g/mol. The van der Waals surface area contributed by atoms with Gasteiger partial charge in [-0.15, -0.1) is 23.1 Å². The Bertz CT molecular complexity index is 681. The van der Waals surface area contributed by atoms with Crippen molar-refractivity contribution < 1.29 is 0 Å². The first-order valence-corrected chi connectivity index (χ1v) is 8.05. The first-order valence-electron chi connectivity index (χ1n) is 5.39. The van der Waals surface area contributed by atoms with E-state index in [0.717, 1.165) is 20.8 Å². The largest absolute Gasteiger partial charge is 0.235 e. The molecule has 0 atom stereocenters. The van der Waals surface area contributed by atoms with Crippen molar-refractivity contribution in [1.29, 1.82) is 0 Å². The number of halogens is 1. The smallest absolute Gasteiger partial charge is 0.118 e. The van der Waals surface area contributed by atoms with E-state index in [9.17, 15) is 0 Å². The zero-order valence-electron chi connectivity index (χ0n) is 9.34. The van der Waals surface area contributed by atoms with Crippen LogP contribution in [0, 0.1) is 0 Å². The van der Waals surface area contributed by atoms with Gasteiger partial charge in [0.15, 0.2) is 0 Å². The predicted molar refractivity (Wildman–Crippen MR) is 81.1 cm³/mol. The van der Waals surface area contributed by atoms with E-state index in [0.29, 0.717) is 0 Å². The fraction of sp³-hybridized carbons (Fsp3) is 0.0769. The van der Waals surface area contributed by atoms with Crippen LogP contribution in [0.25, 0.3) is 10.2 Å². The molecule has 1 aromatic carbocycles. The van der Waals surface area contributed by atoms with Crippen molar-refractivity contribution in [3.8, 4) is 0 Å². The van der Waals surface area contributed by atoms with Crippen LogP contribution in [-0.2, 0) is 5.75 Å². The summed E-state index contributed by atoms with van der Waals surface area (Å²) < 4.78 is 2.32. The summed E-state index contributed by atoms with van der Waals surface area (Å²) in [5.41, 5.74) is 2.32. The van der Waals surface area contributed by atoms with Crippen LogP contribution < -0.4 is 0 Å². The van der Waals surface area contributed by atoms with Gasteiger partial charge >= 0.3 is 0 Å². The quantitative estimate of drug-likeness (QED) is 0.510. The predicted octanol–water partition coefficient (Wildman–Crippen LogP) is 4.75. The molecule has 0 saturated heterocycles. The van der Waals surface area contributed by atoms with Crippen molar-refractivity contribution >= 4 is 49.2 Å². The second-order valence-electron chi connectivity index (χ2n) is 3.69. The van der Waals surface area contributed by atoms with Gasteiger partial charge in [0.25, 0.3) is 0 Å². The summed E-state index contributed by atoms with van der Waals surface area (Å²) in [6, 6.07) is 10.3. The van der Waals surface area contributed by atoms with Crippen molar-refractivity contribution in [2.24, 2.45) is 0 Å². The first-order chi connectivity index (χ1) is 8.84. The van der Waals surface area contributed by atoms with Crippen LogP contribution in [0.4, 0.5) is 0 Å². The summed E-state index contributed by atoms with van der Waals surface area (Å²) in [6.45, 7) is 0. The normalized spacial score (nSPS) is 10.9. The van der Waals surface area contributed by atoms with Crippen LogP contribution in [0.3, 0.4) is 0 Å². The number of hydrogen-bond donors (Lipinski definition) is 0. The molecule has 18 heavy (non-hydrogen) atoms. The molecular weight excluding hydrogens is 328 g/mol. The van der Waals surface area contributed by atoms with E-state index in [1.165, 1.54) is 10.3 Å². The third kappa shape index (κ3) is 2.43. The highest BCUT2D eigenvalue weighted by Gasteiger charge is 2.07. The van der Waals surface area contributed by atoms with Gasteiger partial charge in [-0.2, -0.15) is 0 Å². The Labute approximate surface area is 122 Å². The molecule has 0 unspecified atom stereocenters. The number of nitrogens with zero attached hydrogens (tertiary/aromatic N) is 2. The summed E-state index contributed by atoms with van der Waals surface area (Å²) in [4.78, 5) is 8.62. The van der Waals surface area contributed by atoms with E-state index < -0.39 is 0 Å². The topological polar surface area (TPSA) is 25.8 Å². The van der Waals surface area contributed by atoms with Crippen molar-refractivity contribution in [1.82, 2.24) is 9.97 Å². The van der Waals surface area contributed by atoms with E-state index in [1.807, 2.05) is 12.1 Å². The number of benzene rings is 1. The lowest BCUT2D eigenvalue weighted by Gasteiger charge is -2.04. The summed E-state index contributed by atoms with van der Waals surface area (Å²) in [6.07, 6.45) is 1.64. The zero-order valence-corrected chi connectivity index (χ0v) is 12.6. The summed E-state index contributed by atoms with van der Waals surface area (Å²) in [5.74, 6) is 0.908. The molecule has 3 rings (SSSR count). The average Bonchev–Trinajstić information content (AvgIpc) is 2.86. The molecule has 0 fully saturated rings. The third-order valence-corrected chi connectivity index (χ3v) is 5.38. The average molecular weight is 337 g/mol. The van der Waals surface area contributed by atoms with Crippen LogP contribution in [0.1, 0.15) is 5.56 Å². The number of fused-ring (bicyclic) bond motifs is 1. The number of thioether (sulfide) groups is 1. The highest BCUT2D eigenvalue weighted by atomic mass is 79.9. The summed E-state index contributed by atoms with van der Waals surface area (Å²) in [5, 5.41) is 3.12. The minimum Gasteiger partial charge on any atom is -0.235 e. The Kier molecular flexibility index (Phi) is 3.63. The lowest BCUT2D eigenvalue weighted by molar-refractivity contribution is 1.11. The van der Waals surface area contributed by atoms with E-state index in [-0.39, 0.29) is 0 Å². The van der Waals surface area contributed by atoms with Crippen molar-refractivity contribution in [3.63, 3.8) is 0 Å². The highest BCUT2D eigenvalue weighted by Crippen LogP contribution is 2.32. The molecule has 0 N–H and O–H groups in total. The maximum atomic E-state index is 4.37. The van der Waals surface area contributed by atoms with Crippen LogP contribution >= 0.6 is 39.0 Å². The minimum atomic E-state index is 0.908. The molecule has 0 aliphatic carbocycles. The fourth-order valence-electron chi connectivity index (χ4n) is 1.63. The van der Waals surface area contributed by atoms with Crippen molar-refractivity contribution in [2.75, 3.05) is 0 Å². The Hall–Kier alpha value is -0.910. The molecule has 0 aliphatic rings. The van der Waals surface area contributed by atoms with Gasteiger partial charge in [0, 0.05) is 10.2 Å². The highest BCUT2D eigenvalue weighted by molar-refractivity contribution is 9.10. The lowest BCUT2D eigenvalue weighted by Crippen LogP contribution is -1.86. The summed E-state index contributed by atoms with van der Waals surface area (Å²) >= 11 is 7.02. The Balaban J connectivity index is 1.85. The maximum absolute atomic E-state index is 4.37. The molecule has 0 radical (unpaired) electrons. The minimum absolute atomic E-state index is 0.908. The maximum Gasteiger partial charge on any atom is 0.118 e. The number of aromatic nitrogens is 2. The second-order valence-corrected chi connectivity index (χ2v) is 6.43. The van der Waals surface area contributed by atoms with Gasteiger partial charge in [-0.25, -0.2) is 9.97 Å². The van der Waals surface area contributed by atoms with Gasteiger partial charge < -0.3 is 0 Å².